The van der Waals surface area contributed by atoms with Crippen LogP contribution in [0.3, 0.4) is 0 Å². The predicted molar refractivity (Wildman–Crippen MR) is 85.5 cm³/mol. The summed E-state index contributed by atoms with van der Waals surface area (Å²) in [4.78, 5) is 0.388. The fraction of sp³-hybridized carbons (Fsp3) is 0.625. The molecular weight excluding hydrogens is 284 g/mol. The Balaban J connectivity index is 2.20. The van der Waals surface area contributed by atoms with Gasteiger partial charge >= 0.3 is 0 Å². The Labute approximate surface area is 128 Å². The first-order chi connectivity index (χ1) is 9.84. The van der Waals surface area contributed by atoms with E-state index in [0.29, 0.717) is 23.9 Å². The molecular formula is C16H26N2O2S. The van der Waals surface area contributed by atoms with Crippen LogP contribution in [0.25, 0.3) is 0 Å². The largest absolute Gasteiger partial charge is 0.330 e. The molecule has 0 radical (unpaired) electrons. The molecule has 1 aliphatic rings. The van der Waals surface area contributed by atoms with E-state index in [9.17, 15) is 8.42 Å². The molecule has 1 saturated heterocycles. The van der Waals surface area contributed by atoms with E-state index in [-0.39, 0.29) is 12.0 Å². The molecule has 1 aromatic carbocycles. The van der Waals surface area contributed by atoms with Crippen molar-refractivity contribution < 1.29 is 8.42 Å². The molecule has 1 fully saturated rings. The summed E-state index contributed by atoms with van der Waals surface area (Å²) in [7, 11) is -3.40. The Morgan fingerprint density at radius 3 is 2.38 bits per heavy atom. The molecule has 1 aliphatic heterocycles. The van der Waals surface area contributed by atoms with Gasteiger partial charge in [0.1, 0.15) is 0 Å². The average Bonchev–Trinajstić information content (AvgIpc) is 2.81. The van der Waals surface area contributed by atoms with Crippen molar-refractivity contribution in [2.75, 3.05) is 13.1 Å². The molecule has 2 atom stereocenters. The van der Waals surface area contributed by atoms with Gasteiger partial charge in [-0.05, 0) is 55.8 Å². The van der Waals surface area contributed by atoms with Crippen molar-refractivity contribution in [1.82, 2.24) is 4.31 Å². The zero-order valence-electron chi connectivity index (χ0n) is 13.1. The van der Waals surface area contributed by atoms with Crippen molar-refractivity contribution in [2.45, 2.75) is 44.6 Å². The van der Waals surface area contributed by atoms with Gasteiger partial charge in [0.15, 0.2) is 0 Å². The van der Waals surface area contributed by atoms with Crippen LogP contribution in [0.15, 0.2) is 29.2 Å². The van der Waals surface area contributed by atoms with Crippen LogP contribution in [0.1, 0.15) is 32.8 Å². The third-order valence-electron chi connectivity index (χ3n) is 4.11. The molecule has 0 amide bonds. The van der Waals surface area contributed by atoms with Gasteiger partial charge in [0, 0.05) is 12.6 Å². The highest BCUT2D eigenvalue weighted by Gasteiger charge is 2.37. The maximum atomic E-state index is 12.7. The Hall–Kier alpha value is -0.910. The lowest BCUT2D eigenvalue weighted by Crippen LogP contribution is -2.34. The number of rotatable bonds is 5. The van der Waals surface area contributed by atoms with E-state index in [2.05, 4.69) is 13.8 Å². The van der Waals surface area contributed by atoms with E-state index in [1.807, 2.05) is 19.1 Å². The summed E-state index contributed by atoms with van der Waals surface area (Å²) in [5.74, 6) is 0.839. The Bertz CT molecular complexity index is 566. The highest BCUT2D eigenvalue weighted by molar-refractivity contribution is 7.89. The molecule has 0 aliphatic carbocycles. The zero-order chi connectivity index (χ0) is 15.6. The van der Waals surface area contributed by atoms with Crippen LogP contribution in [0.2, 0.25) is 0 Å². The molecule has 21 heavy (non-hydrogen) atoms. The number of sulfonamides is 1. The van der Waals surface area contributed by atoms with E-state index < -0.39 is 10.0 Å². The van der Waals surface area contributed by atoms with Crippen molar-refractivity contribution in [2.24, 2.45) is 17.6 Å². The summed E-state index contributed by atoms with van der Waals surface area (Å²) in [6.45, 7) is 7.35. The van der Waals surface area contributed by atoms with Gasteiger partial charge in [-0.15, -0.1) is 0 Å². The summed E-state index contributed by atoms with van der Waals surface area (Å²) in [6, 6.07) is 7.34. The minimum Gasteiger partial charge on any atom is -0.330 e. The van der Waals surface area contributed by atoms with Crippen LogP contribution in [0.4, 0.5) is 0 Å². The van der Waals surface area contributed by atoms with Gasteiger partial charge in [0.25, 0.3) is 0 Å². The lowest BCUT2D eigenvalue weighted by atomic mass is 10.0. The molecule has 0 spiro atoms. The van der Waals surface area contributed by atoms with E-state index in [1.54, 1.807) is 16.4 Å². The highest BCUT2D eigenvalue weighted by atomic mass is 32.2. The van der Waals surface area contributed by atoms with Crippen molar-refractivity contribution in [3.8, 4) is 0 Å². The Morgan fingerprint density at radius 2 is 1.90 bits per heavy atom. The minimum atomic E-state index is -3.40. The van der Waals surface area contributed by atoms with Crippen LogP contribution >= 0.6 is 0 Å². The third-order valence-corrected chi connectivity index (χ3v) is 6.11. The molecule has 0 bridgehead atoms. The van der Waals surface area contributed by atoms with Gasteiger partial charge in [-0.25, -0.2) is 8.42 Å². The number of benzene rings is 1. The number of nitrogens with zero attached hydrogens (tertiary/aromatic N) is 1. The van der Waals surface area contributed by atoms with Crippen LogP contribution in [0, 0.1) is 11.8 Å². The van der Waals surface area contributed by atoms with Crippen molar-refractivity contribution >= 4 is 10.0 Å². The number of nitrogens with two attached hydrogens (primary N) is 1. The fourth-order valence-corrected chi connectivity index (χ4v) is 4.74. The first-order valence-corrected chi connectivity index (χ1v) is 9.09. The van der Waals surface area contributed by atoms with E-state index in [1.165, 1.54) is 5.56 Å². The lowest BCUT2D eigenvalue weighted by Gasteiger charge is -2.21. The summed E-state index contributed by atoms with van der Waals surface area (Å²) >= 11 is 0. The molecule has 118 valence electrons. The van der Waals surface area contributed by atoms with E-state index in [4.69, 9.17) is 5.73 Å². The standard InChI is InChI=1S/C16H26N2O2S/c1-12(2)8-14-4-6-16(7-5-14)21(19,20)18-11-15(10-17)9-13(18)3/h4-7,12-13,15H,8-11,17H2,1-3H3. The number of hydrogen-bond donors (Lipinski definition) is 1. The van der Waals surface area contributed by atoms with Gasteiger partial charge in [-0.3, -0.25) is 0 Å². The smallest absolute Gasteiger partial charge is 0.243 e. The normalized spacial score (nSPS) is 23.9. The second-order valence-electron chi connectivity index (χ2n) is 6.50. The predicted octanol–water partition coefficient (Wildman–Crippen LogP) is 2.24. The van der Waals surface area contributed by atoms with Crippen LogP contribution in [-0.4, -0.2) is 31.9 Å². The van der Waals surface area contributed by atoms with Gasteiger partial charge in [0.05, 0.1) is 4.90 Å². The molecule has 2 rings (SSSR count). The second kappa shape index (κ2) is 6.46. The molecule has 4 nitrogen and oxygen atoms in total. The van der Waals surface area contributed by atoms with Crippen LogP contribution in [-0.2, 0) is 16.4 Å². The summed E-state index contributed by atoms with van der Waals surface area (Å²) < 4.78 is 27.0. The van der Waals surface area contributed by atoms with E-state index in [0.717, 1.165) is 12.8 Å². The van der Waals surface area contributed by atoms with Crippen molar-refractivity contribution in [3.05, 3.63) is 29.8 Å². The SMILES string of the molecule is CC(C)Cc1ccc(S(=O)(=O)N2CC(CN)CC2C)cc1. The third kappa shape index (κ3) is 3.65. The molecule has 5 heteroatoms. The van der Waals surface area contributed by atoms with Crippen LogP contribution < -0.4 is 5.73 Å². The average molecular weight is 310 g/mol. The van der Waals surface area contributed by atoms with E-state index >= 15 is 0 Å². The topological polar surface area (TPSA) is 63.4 Å². The summed E-state index contributed by atoms with van der Waals surface area (Å²) in [5, 5.41) is 0. The van der Waals surface area contributed by atoms with Crippen molar-refractivity contribution in [1.29, 1.82) is 0 Å². The molecule has 2 N–H and O–H groups in total. The molecule has 0 aromatic heterocycles. The van der Waals surface area contributed by atoms with Crippen molar-refractivity contribution in [3.63, 3.8) is 0 Å². The maximum Gasteiger partial charge on any atom is 0.243 e. The van der Waals surface area contributed by atoms with Gasteiger partial charge in [0.2, 0.25) is 10.0 Å². The minimum absolute atomic E-state index is 0.0268. The quantitative estimate of drug-likeness (QED) is 0.907. The monoisotopic (exact) mass is 310 g/mol. The lowest BCUT2D eigenvalue weighted by molar-refractivity contribution is 0.404. The zero-order valence-corrected chi connectivity index (χ0v) is 13.9. The number of hydrogen-bond acceptors (Lipinski definition) is 3. The maximum absolute atomic E-state index is 12.7. The summed E-state index contributed by atoms with van der Waals surface area (Å²) in [6.07, 6.45) is 1.82. The molecule has 2 unspecified atom stereocenters. The highest BCUT2D eigenvalue weighted by Crippen LogP contribution is 2.29. The first kappa shape index (κ1) is 16.5. The Morgan fingerprint density at radius 1 is 1.29 bits per heavy atom. The second-order valence-corrected chi connectivity index (χ2v) is 8.39. The fourth-order valence-electron chi connectivity index (χ4n) is 3.02. The van der Waals surface area contributed by atoms with Crippen LogP contribution in [0.5, 0.6) is 0 Å². The molecule has 0 saturated carbocycles. The Kier molecular flexibility index (Phi) is 5.07. The molecule has 1 aromatic rings. The summed E-state index contributed by atoms with van der Waals surface area (Å²) in [5.41, 5.74) is 6.86. The van der Waals surface area contributed by atoms with Gasteiger partial charge in [-0.1, -0.05) is 26.0 Å². The van der Waals surface area contributed by atoms with Gasteiger partial charge in [-0.2, -0.15) is 4.31 Å². The van der Waals surface area contributed by atoms with Gasteiger partial charge < -0.3 is 5.73 Å². The first-order valence-electron chi connectivity index (χ1n) is 7.65. The molecule has 1 heterocycles.